The van der Waals surface area contributed by atoms with E-state index in [0.717, 1.165) is 26.4 Å². The van der Waals surface area contributed by atoms with Crippen LogP contribution in [0.4, 0.5) is 0 Å². The van der Waals surface area contributed by atoms with Gasteiger partial charge >= 0.3 is 0 Å². The van der Waals surface area contributed by atoms with Crippen LogP contribution >= 0.6 is 15.9 Å². The molecule has 100 valence electrons. The van der Waals surface area contributed by atoms with Crippen molar-refractivity contribution >= 4 is 26.7 Å². The average Bonchev–Trinajstić information content (AvgIpc) is 2.48. The zero-order chi connectivity index (χ0) is 13.9. The average molecular weight is 329 g/mol. The number of hydrogen-bond donors (Lipinski definition) is 2. The maximum atomic E-state index is 5.77. The summed E-state index contributed by atoms with van der Waals surface area (Å²) in [5.74, 6) is 5.77. The van der Waals surface area contributed by atoms with Gasteiger partial charge in [-0.2, -0.15) is 0 Å². The van der Waals surface area contributed by atoms with Crippen LogP contribution < -0.4 is 11.3 Å². The highest BCUT2D eigenvalue weighted by Crippen LogP contribution is 2.28. The van der Waals surface area contributed by atoms with Crippen molar-refractivity contribution in [3.63, 3.8) is 0 Å². The Morgan fingerprint density at radius 3 is 2.80 bits per heavy atom. The number of hydrogen-bond acceptors (Lipinski definition) is 4. The molecule has 0 saturated carbocycles. The van der Waals surface area contributed by atoms with E-state index in [0.29, 0.717) is 0 Å². The first-order valence-electron chi connectivity index (χ1n) is 6.19. The first-order valence-corrected chi connectivity index (χ1v) is 6.98. The number of nitrogens with one attached hydrogen (secondary N) is 1. The summed E-state index contributed by atoms with van der Waals surface area (Å²) >= 11 is 3.44. The molecule has 2 heterocycles. The summed E-state index contributed by atoms with van der Waals surface area (Å²) in [7, 11) is 0. The van der Waals surface area contributed by atoms with E-state index >= 15 is 0 Å². The van der Waals surface area contributed by atoms with Gasteiger partial charge in [0.2, 0.25) is 0 Å². The molecule has 3 N–H and O–H groups in total. The van der Waals surface area contributed by atoms with E-state index in [4.69, 9.17) is 5.84 Å². The zero-order valence-electron chi connectivity index (χ0n) is 10.6. The summed E-state index contributed by atoms with van der Waals surface area (Å²) in [6, 6.07) is 10.0. The Morgan fingerprint density at radius 2 is 2.00 bits per heavy atom. The maximum Gasteiger partial charge on any atom is 0.0731 e. The van der Waals surface area contributed by atoms with Crippen molar-refractivity contribution in [3.05, 3.63) is 70.7 Å². The summed E-state index contributed by atoms with van der Waals surface area (Å²) in [5, 5.41) is 2.22. The van der Waals surface area contributed by atoms with Crippen LogP contribution in [-0.4, -0.2) is 9.97 Å². The highest BCUT2D eigenvalue weighted by atomic mass is 79.9. The van der Waals surface area contributed by atoms with Crippen LogP contribution in [0.25, 0.3) is 10.8 Å². The number of hydrazine groups is 1. The molecule has 5 heteroatoms. The first kappa shape index (κ1) is 13.2. The van der Waals surface area contributed by atoms with Gasteiger partial charge in [0.25, 0.3) is 0 Å². The predicted octanol–water partition coefficient (Wildman–Crippen LogP) is 2.95. The number of benzene rings is 1. The lowest BCUT2D eigenvalue weighted by molar-refractivity contribution is 0.638. The summed E-state index contributed by atoms with van der Waals surface area (Å²) in [5.41, 5.74) is 4.98. The van der Waals surface area contributed by atoms with Gasteiger partial charge in [0.1, 0.15) is 0 Å². The molecule has 0 amide bonds. The third kappa shape index (κ3) is 2.43. The Morgan fingerprint density at radius 1 is 1.10 bits per heavy atom. The highest BCUT2D eigenvalue weighted by molar-refractivity contribution is 9.10. The molecule has 4 nitrogen and oxygen atoms in total. The number of aromatic nitrogens is 2. The zero-order valence-corrected chi connectivity index (χ0v) is 12.2. The molecule has 1 atom stereocenters. The quantitative estimate of drug-likeness (QED) is 0.573. The minimum absolute atomic E-state index is 0.119. The van der Waals surface area contributed by atoms with Gasteiger partial charge in [0.05, 0.1) is 6.04 Å². The van der Waals surface area contributed by atoms with Crippen LogP contribution in [0, 0.1) is 0 Å². The van der Waals surface area contributed by atoms with E-state index in [1.54, 1.807) is 12.4 Å². The van der Waals surface area contributed by atoms with Gasteiger partial charge in [-0.05, 0) is 44.6 Å². The SMILES string of the molecule is NNC(c1cncc(Br)c1)c1cccc2cnccc12. The lowest BCUT2D eigenvalue weighted by Gasteiger charge is -2.18. The standard InChI is InChI=1S/C15H13BrN4/c16-12-6-11(8-19-9-12)15(20-17)14-3-1-2-10-7-18-5-4-13(10)14/h1-9,15,20H,17H2. The van der Waals surface area contributed by atoms with E-state index in [2.05, 4.69) is 37.4 Å². The van der Waals surface area contributed by atoms with Gasteiger partial charge in [-0.3, -0.25) is 15.8 Å². The second kappa shape index (κ2) is 5.66. The van der Waals surface area contributed by atoms with Crippen LogP contribution in [0.2, 0.25) is 0 Å². The number of halogens is 1. The lowest BCUT2D eigenvalue weighted by Crippen LogP contribution is -2.29. The molecule has 20 heavy (non-hydrogen) atoms. The Hall–Kier alpha value is -1.82. The van der Waals surface area contributed by atoms with Gasteiger partial charge in [-0.25, -0.2) is 5.43 Å². The van der Waals surface area contributed by atoms with E-state index in [1.807, 2.05) is 36.7 Å². The van der Waals surface area contributed by atoms with Gasteiger partial charge in [0, 0.05) is 34.6 Å². The molecule has 0 aliphatic rings. The van der Waals surface area contributed by atoms with Crippen LogP contribution in [0.15, 0.2) is 59.6 Å². The third-order valence-corrected chi connectivity index (χ3v) is 3.69. The molecule has 0 aliphatic heterocycles. The molecule has 2 aromatic heterocycles. The fourth-order valence-corrected chi connectivity index (χ4v) is 2.73. The largest absolute Gasteiger partial charge is 0.271 e. The smallest absolute Gasteiger partial charge is 0.0731 e. The number of nitrogens with zero attached hydrogens (tertiary/aromatic N) is 2. The predicted molar refractivity (Wildman–Crippen MR) is 82.8 cm³/mol. The van der Waals surface area contributed by atoms with Crippen LogP contribution in [0.3, 0.4) is 0 Å². The van der Waals surface area contributed by atoms with E-state index in [9.17, 15) is 0 Å². The topological polar surface area (TPSA) is 63.8 Å². The Labute approximate surface area is 125 Å². The van der Waals surface area contributed by atoms with Gasteiger partial charge < -0.3 is 0 Å². The van der Waals surface area contributed by atoms with E-state index in [1.165, 1.54) is 0 Å². The van der Waals surface area contributed by atoms with Crippen LogP contribution in [0.5, 0.6) is 0 Å². The molecular formula is C15H13BrN4. The van der Waals surface area contributed by atoms with Crippen molar-refractivity contribution in [1.82, 2.24) is 15.4 Å². The number of fused-ring (bicyclic) bond motifs is 1. The molecule has 0 fully saturated rings. The minimum atomic E-state index is -0.119. The minimum Gasteiger partial charge on any atom is -0.271 e. The maximum absolute atomic E-state index is 5.77. The van der Waals surface area contributed by atoms with Crippen molar-refractivity contribution < 1.29 is 0 Å². The molecule has 1 unspecified atom stereocenters. The van der Waals surface area contributed by atoms with Crippen molar-refractivity contribution in [2.45, 2.75) is 6.04 Å². The van der Waals surface area contributed by atoms with Crippen molar-refractivity contribution in [3.8, 4) is 0 Å². The normalized spacial score (nSPS) is 12.5. The molecule has 3 rings (SSSR count). The fourth-order valence-electron chi connectivity index (χ4n) is 2.35. The lowest BCUT2D eigenvalue weighted by atomic mass is 9.96. The van der Waals surface area contributed by atoms with Gasteiger partial charge in [0.15, 0.2) is 0 Å². The van der Waals surface area contributed by atoms with E-state index in [-0.39, 0.29) is 6.04 Å². The number of nitrogens with two attached hydrogens (primary N) is 1. The molecule has 0 bridgehead atoms. The second-order valence-electron chi connectivity index (χ2n) is 4.48. The first-order chi connectivity index (χ1) is 9.79. The Bertz CT molecular complexity index is 739. The number of rotatable bonds is 3. The van der Waals surface area contributed by atoms with Gasteiger partial charge in [-0.15, -0.1) is 0 Å². The molecule has 0 aliphatic carbocycles. The van der Waals surface area contributed by atoms with Crippen molar-refractivity contribution in [1.29, 1.82) is 0 Å². The molecule has 0 radical (unpaired) electrons. The number of pyridine rings is 2. The highest BCUT2D eigenvalue weighted by Gasteiger charge is 2.15. The summed E-state index contributed by atoms with van der Waals surface area (Å²) in [4.78, 5) is 8.36. The summed E-state index contributed by atoms with van der Waals surface area (Å²) in [6.45, 7) is 0. The third-order valence-electron chi connectivity index (χ3n) is 3.25. The van der Waals surface area contributed by atoms with Crippen molar-refractivity contribution in [2.24, 2.45) is 5.84 Å². The van der Waals surface area contributed by atoms with Crippen molar-refractivity contribution in [2.75, 3.05) is 0 Å². The Balaban J connectivity index is 2.17. The fraction of sp³-hybridized carbons (Fsp3) is 0.0667. The molecule has 0 spiro atoms. The van der Waals surface area contributed by atoms with Crippen LogP contribution in [-0.2, 0) is 0 Å². The molecular weight excluding hydrogens is 316 g/mol. The summed E-state index contributed by atoms with van der Waals surface area (Å²) < 4.78 is 0.928. The Kier molecular flexibility index (Phi) is 3.73. The van der Waals surface area contributed by atoms with Gasteiger partial charge in [-0.1, -0.05) is 18.2 Å². The monoisotopic (exact) mass is 328 g/mol. The molecule has 3 aromatic rings. The van der Waals surface area contributed by atoms with E-state index < -0.39 is 0 Å². The molecule has 1 aromatic carbocycles. The molecule has 0 saturated heterocycles. The van der Waals surface area contributed by atoms with Crippen LogP contribution in [0.1, 0.15) is 17.2 Å². The second-order valence-corrected chi connectivity index (χ2v) is 5.40. The summed E-state index contributed by atoms with van der Waals surface area (Å²) in [6.07, 6.45) is 7.21.